The normalized spacial score (nSPS) is 16.2. The molecule has 3 rings (SSSR count). The number of carbonyl (C=O) groups is 1. The Morgan fingerprint density at radius 3 is 2.71 bits per heavy atom. The molecule has 0 amide bonds. The molecular weight excluding hydrogens is 304 g/mol. The minimum Gasteiger partial charge on any atom is -0.466 e. The summed E-state index contributed by atoms with van der Waals surface area (Å²) < 4.78 is 7.13. The zero-order valence-electron chi connectivity index (χ0n) is 14.3. The first-order valence-corrected chi connectivity index (χ1v) is 8.80. The van der Waals surface area contributed by atoms with E-state index < -0.39 is 0 Å². The number of nitrogens with zero attached hydrogens (tertiary/aromatic N) is 3. The number of pyridine rings is 1. The van der Waals surface area contributed by atoms with Gasteiger partial charge in [0, 0.05) is 18.4 Å². The molecule has 0 spiro atoms. The summed E-state index contributed by atoms with van der Waals surface area (Å²) in [7, 11) is 0. The average molecular weight is 330 g/mol. The molecule has 2 N–H and O–H groups in total. The van der Waals surface area contributed by atoms with Gasteiger partial charge in [0.05, 0.1) is 24.4 Å². The van der Waals surface area contributed by atoms with E-state index in [0.717, 1.165) is 36.7 Å². The van der Waals surface area contributed by atoms with E-state index in [2.05, 4.69) is 9.88 Å². The lowest BCUT2D eigenvalue weighted by molar-refractivity contribution is -0.142. The van der Waals surface area contributed by atoms with Crippen LogP contribution >= 0.6 is 0 Å². The number of esters is 1. The van der Waals surface area contributed by atoms with Gasteiger partial charge in [-0.05, 0) is 45.0 Å². The third-order valence-electron chi connectivity index (χ3n) is 4.51. The number of likely N-dealkylation sites (tertiary alicyclic amines) is 1. The zero-order valence-corrected chi connectivity index (χ0v) is 14.3. The molecule has 6 heteroatoms. The standard InChI is InChI=1S/C18H26N4O2/c1-2-24-18(23)11-15-16(13-21-9-5-3-4-6-10-21)22-12-14(19)7-8-17(22)20-15/h7-8,12H,2-6,9-11,13,19H2,1H3. The van der Waals surface area contributed by atoms with Gasteiger partial charge >= 0.3 is 5.97 Å². The monoisotopic (exact) mass is 330 g/mol. The first-order valence-electron chi connectivity index (χ1n) is 8.80. The number of rotatable bonds is 5. The predicted octanol–water partition coefficient (Wildman–Crippen LogP) is 2.40. The van der Waals surface area contributed by atoms with Crippen LogP contribution in [0.3, 0.4) is 0 Å². The van der Waals surface area contributed by atoms with Gasteiger partial charge in [0.1, 0.15) is 5.65 Å². The van der Waals surface area contributed by atoms with Crippen LogP contribution in [0.5, 0.6) is 0 Å². The van der Waals surface area contributed by atoms with Crippen molar-refractivity contribution >= 4 is 17.3 Å². The summed E-state index contributed by atoms with van der Waals surface area (Å²) >= 11 is 0. The Morgan fingerprint density at radius 2 is 2.00 bits per heavy atom. The van der Waals surface area contributed by atoms with E-state index in [-0.39, 0.29) is 12.4 Å². The van der Waals surface area contributed by atoms with Crippen LogP contribution in [0.4, 0.5) is 5.69 Å². The fourth-order valence-electron chi connectivity index (χ4n) is 3.32. The summed E-state index contributed by atoms with van der Waals surface area (Å²) in [6.07, 6.45) is 7.15. The van der Waals surface area contributed by atoms with Crippen molar-refractivity contribution in [3.8, 4) is 0 Å². The number of imidazole rings is 1. The van der Waals surface area contributed by atoms with Gasteiger partial charge in [-0.3, -0.25) is 9.69 Å². The van der Waals surface area contributed by atoms with Crippen LogP contribution in [0, 0.1) is 0 Å². The fraction of sp³-hybridized carbons (Fsp3) is 0.556. The van der Waals surface area contributed by atoms with Gasteiger partial charge in [-0.2, -0.15) is 0 Å². The molecule has 0 unspecified atom stereocenters. The topological polar surface area (TPSA) is 72.9 Å². The van der Waals surface area contributed by atoms with E-state index >= 15 is 0 Å². The van der Waals surface area contributed by atoms with Gasteiger partial charge in [-0.25, -0.2) is 4.98 Å². The van der Waals surface area contributed by atoms with Crippen molar-refractivity contribution in [1.82, 2.24) is 14.3 Å². The maximum atomic E-state index is 11.9. The van der Waals surface area contributed by atoms with E-state index in [1.54, 1.807) is 0 Å². The lowest BCUT2D eigenvalue weighted by atomic mass is 10.2. The Balaban J connectivity index is 1.91. The minimum absolute atomic E-state index is 0.207. The summed E-state index contributed by atoms with van der Waals surface area (Å²) in [6, 6.07) is 3.74. The molecule has 0 saturated carbocycles. The number of anilines is 1. The molecule has 0 aliphatic carbocycles. The quantitative estimate of drug-likeness (QED) is 0.852. The van der Waals surface area contributed by atoms with Gasteiger partial charge in [0.15, 0.2) is 0 Å². The molecule has 24 heavy (non-hydrogen) atoms. The number of fused-ring (bicyclic) bond motifs is 1. The van der Waals surface area contributed by atoms with Crippen molar-refractivity contribution < 1.29 is 9.53 Å². The molecule has 0 bridgehead atoms. The zero-order chi connectivity index (χ0) is 16.9. The number of carbonyl (C=O) groups excluding carboxylic acids is 1. The second kappa shape index (κ2) is 7.66. The van der Waals surface area contributed by atoms with Crippen molar-refractivity contribution in [1.29, 1.82) is 0 Å². The summed E-state index contributed by atoms with van der Waals surface area (Å²) in [4.78, 5) is 19.0. The van der Waals surface area contributed by atoms with Crippen molar-refractivity contribution in [2.75, 3.05) is 25.4 Å². The highest BCUT2D eigenvalue weighted by atomic mass is 16.5. The van der Waals surface area contributed by atoms with Crippen molar-refractivity contribution in [3.05, 3.63) is 29.7 Å². The first kappa shape index (κ1) is 16.8. The Kier molecular flexibility index (Phi) is 5.35. The van der Waals surface area contributed by atoms with E-state index in [4.69, 9.17) is 10.5 Å². The summed E-state index contributed by atoms with van der Waals surface area (Å²) in [5.41, 5.74) is 9.32. The van der Waals surface area contributed by atoms with Crippen molar-refractivity contribution in [3.63, 3.8) is 0 Å². The molecule has 1 fully saturated rings. The maximum Gasteiger partial charge on any atom is 0.311 e. The highest BCUT2D eigenvalue weighted by Crippen LogP contribution is 2.20. The van der Waals surface area contributed by atoms with Gasteiger partial charge < -0.3 is 14.9 Å². The van der Waals surface area contributed by atoms with Crippen LogP contribution in [0.1, 0.15) is 44.0 Å². The molecule has 1 aliphatic heterocycles. The molecule has 0 aromatic carbocycles. The lowest BCUT2D eigenvalue weighted by Crippen LogP contribution is -2.25. The smallest absolute Gasteiger partial charge is 0.311 e. The summed E-state index contributed by atoms with van der Waals surface area (Å²) in [6.45, 7) is 5.18. The number of nitrogens with two attached hydrogens (primary N) is 1. The first-order chi connectivity index (χ1) is 11.7. The van der Waals surface area contributed by atoms with Gasteiger partial charge in [-0.1, -0.05) is 12.8 Å². The largest absolute Gasteiger partial charge is 0.466 e. The molecule has 6 nitrogen and oxygen atoms in total. The number of nitrogen functional groups attached to an aromatic ring is 1. The summed E-state index contributed by atoms with van der Waals surface area (Å²) in [5, 5.41) is 0. The second-order valence-electron chi connectivity index (χ2n) is 6.37. The van der Waals surface area contributed by atoms with E-state index in [0.29, 0.717) is 12.3 Å². The van der Waals surface area contributed by atoms with Gasteiger partial charge in [0.2, 0.25) is 0 Å². The molecule has 3 heterocycles. The Morgan fingerprint density at radius 1 is 1.25 bits per heavy atom. The second-order valence-corrected chi connectivity index (χ2v) is 6.37. The van der Waals surface area contributed by atoms with Crippen LogP contribution in [-0.2, 0) is 22.5 Å². The Bertz CT molecular complexity index is 702. The number of ether oxygens (including phenoxy) is 1. The van der Waals surface area contributed by atoms with E-state index in [1.807, 2.05) is 29.7 Å². The molecule has 0 radical (unpaired) electrons. The highest BCUT2D eigenvalue weighted by molar-refractivity contribution is 5.73. The lowest BCUT2D eigenvalue weighted by Gasteiger charge is -2.20. The van der Waals surface area contributed by atoms with Gasteiger partial charge in [0.25, 0.3) is 0 Å². The fourth-order valence-corrected chi connectivity index (χ4v) is 3.32. The minimum atomic E-state index is -0.231. The SMILES string of the molecule is CCOC(=O)Cc1nc2ccc(N)cn2c1CN1CCCCCC1. The van der Waals surface area contributed by atoms with E-state index in [1.165, 1.54) is 25.7 Å². The number of hydrogen-bond acceptors (Lipinski definition) is 5. The predicted molar refractivity (Wildman–Crippen MR) is 93.7 cm³/mol. The van der Waals surface area contributed by atoms with Crippen molar-refractivity contribution in [2.24, 2.45) is 0 Å². The van der Waals surface area contributed by atoms with Crippen LogP contribution in [0.25, 0.3) is 5.65 Å². The number of aromatic nitrogens is 2. The third kappa shape index (κ3) is 3.87. The summed E-state index contributed by atoms with van der Waals surface area (Å²) in [5.74, 6) is -0.231. The molecule has 0 atom stereocenters. The Hall–Kier alpha value is -2.08. The van der Waals surface area contributed by atoms with Crippen LogP contribution < -0.4 is 5.73 Å². The molecule has 2 aromatic rings. The van der Waals surface area contributed by atoms with Crippen LogP contribution in [0.2, 0.25) is 0 Å². The highest BCUT2D eigenvalue weighted by Gasteiger charge is 2.19. The van der Waals surface area contributed by atoms with Crippen LogP contribution in [-0.4, -0.2) is 40.0 Å². The maximum absolute atomic E-state index is 11.9. The van der Waals surface area contributed by atoms with E-state index in [9.17, 15) is 4.79 Å². The molecular formula is C18H26N4O2. The molecule has 1 aliphatic rings. The third-order valence-corrected chi connectivity index (χ3v) is 4.51. The number of hydrogen-bond donors (Lipinski definition) is 1. The average Bonchev–Trinajstić information content (AvgIpc) is 2.73. The Labute approximate surface area is 142 Å². The van der Waals surface area contributed by atoms with Crippen molar-refractivity contribution in [2.45, 2.75) is 45.6 Å². The van der Waals surface area contributed by atoms with Gasteiger partial charge in [-0.15, -0.1) is 0 Å². The molecule has 2 aromatic heterocycles. The molecule has 1 saturated heterocycles. The van der Waals surface area contributed by atoms with Crippen LogP contribution in [0.15, 0.2) is 18.3 Å². The molecule has 130 valence electrons.